The molecule has 0 aliphatic heterocycles. The largest absolute Gasteiger partial charge is 0.477 e. The Bertz CT molecular complexity index is 414. The van der Waals surface area contributed by atoms with Crippen molar-refractivity contribution in [3.63, 3.8) is 0 Å². The Balaban J connectivity index is 2.89. The van der Waals surface area contributed by atoms with Crippen LogP contribution in [0.25, 0.3) is 0 Å². The minimum absolute atomic E-state index is 0.0389. The first-order valence-electron chi connectivity index (χ1n) is 5.52. The summed E-state index contributed by atoms with van der Waals surface area (Å²) >= 11 is 0. The third-order valence-electron chi connectivity index (χ3n) is 2.74. The van der Waals surface area contributed by atoms with Crippen molar-refractivity contribution in [1.82, 2.24) is 14.9 Å². The van der Waals surface area contributed by atoms with E-state index in [0.717, 1.165) is 12.8 Å². The number of aromatic carboxylic acids is 1. The number of imidazole rings is 1. The van der Waals surface area contributed by atoms with Gasteiger partial charge in [-0.25, -0.2) is 9.78 Å². The average Bonchev–Trinajstić information content (AvgIpc) is 2.76. The van der Waals surface area contributed by atoms with Gasteiger partial charge in [-0.1, -0.05) is 13.3 Å². The highest BCUT2D eigenvalue weighted by Gasteiger charge is 2.24. The van der Waals surface area contributed by atoms with Crippen LogP contribution in [-0.2, 0) is 0 Å². The summed E-state index contributed by atoms with van der Waals surface area (Å²) in [6.07, 6.45) is 3.05. The van der Waals surface area contributed by atoms with Gasteiger partial charge in [-0.15, -0.1) is 0 Å². The molecule has 0 aliphatic carbocycles. The van der Waals surface area contributed by atoms with E-state index in [0.29, 0.717) is 0 Å². The van der Waals surface area contributed by atoms with Crippen LogP contribution in [0.1, 0.15) is 47.7 Å². The molecule has 1 atom stereocenters. The van der Waals surface area contributed by atoms with Crippen LogP contribution in [-0.4, -0.2) is 44.9 Å². The van der Waals surface area contributed by atoms with Crippen molar-refractivity contribution < 1.29 is 14.7 Å². The number of amides is 1. The molecule has 1 aromatic heterocycles. The fourth-order valence-corrected chi connectivity index (χ4v) is 1.60. The van der Waals surface area contributed by atoms with Crippen LogP contribution in [0.5, 0.6) is 0 Å². The minimum Gasteiger partial charge on any atom is -0.477 e. The van der Waals surface area contributed by atoms with Gasteiger partial charge in [0.15, 0.2) is 11.4 Å². The highest BCUT2D eigenvalue weighted by atomic mass is 16.4. The highest BCUT2D eigenvalue weighted by Crippen LogP contribution is 2.11. The Hall–Kier alpha value is -1.85. The predicted molar refractivity (Wildman–Crippen MR) is 62.0 cm³/mol. The van der Waals surface area contributed by atoms with Gasteiger partial charge in [0.25, 0.3) is 5.91 Å². The van der Waals surface area contributed by atoms with Crippen molar-refractivity contribution >= 4 is 11.9 Å². The van der Waals surface area contributed by atoms with E-state index in [1.54, 1.807) is 7.05 Å². The third-order valence-corrected chi connectivity index (χ3v) is 2.74. The predicted octanol–water partition coefficient (Wildman–Crippen LogP) is 1.37. The molecule has 1 amide bonds. The van der Waals surface area contributed by atoms with Crippen molar-refractivity contribution in [2.75, 3.05) is 7.05 Å². The minimum atomic E-state index is -1.18. The number of hydrogen-bond donors (Lipinski definition) is 2. The van der Waals surface area contributed by atoms with E-state index in [4.69, 9.17) is 5.11 Å². The van der Waals surface area contributed by atoms with Crippen molar-refractivity contribution in [3.05, 3.63) is 17.7 Å². The first-order valence-corrected chi connectivity index (χ1v) is 5.52. The first-order chi connectivity index (χ1) is 7.99. The molecule has 1 rings (SSSR count). The zero-order chi connectivity index (χ0) is 13.0. The van der Waals surface area contributed by atoms with Crippen molar-refractivity contribution in [3.8, 4) is 0 Å². The maximum absolute atomic E-state index is 12.0. The molecule has 17 heavy (non-hydrogen) atoms. The van der Waals surface area contributed by atoms with Crippen LogP contribution in [0, 0.1) is 0 Å². The standard InChI is InChI=1S/C11H17N3O3/c1-4-5-7(2)14(3)10(15)8-9(11(16)17)13-6-12-8/h6-7H,4-5H2,1-3H3,(H,12,13)(H,16,17). The molecule has 0 saturated heterocycles. The Morgan fingerprint density at radius 2 is 2.24 bits per heavy atom. The number of rotatable bonds is 5. The Labute approximate surface area is 99.7 Å². The van der Waals surface area contributed by atoms with Crippen LogP contribution in [0.3, 0.4) is 0 Å². The summed E-state index contributed by atoms with van der Waals surface area (Å²) in [6.45, 7) is 3.96. The first kappa shape index (κ1) is 13.2. The Morgan fingerprint density at radius 3 is 2.76 bits per heavy atom. The van der Waals surface area contributed by atoms with Gasteiger partial charge in [0.05, 0.1) is 6.33 Å². The number of nitrogens with one attached hydrogen (secondary N) is 1. The van der Waals surface area contributed by atoms with E-state index in [-0.39, 0.29) is 23.3 Å². The monoisotopic (exact) mass is 239 g/mol. The molecule has 2 N–H and O–H groups in total. The topological polar surface area (TPSA) is 86.3 Å². The molecule has 0 fully saturated rings. The Morgan fingerprint density at radius 1 is 1.59 bits per heavy atom. The van der Waals surface area contributed by atoms with E-state index in [2.05, 4.69) is 9.97 Å². The number of H-pyrrole nitrogens is 1. The van der Waals surface area contributed by atoms with Crippen molar-refractivity contribution in [1.29, 1.82) is 0 Å². The molecule has 1 heterocycles. The van der Waals surface area contributed by atoms with E-state index in [1.165, 1.54) is 11.2 Å². The van der Waals surface area contributed by atoms with Gasteiger partial charge in [0, 0.05) is 13.1 Å². The normalized spacial score (nSPS) is 12.2. The molecule has 1 aromatic rings. The number of carboxylic acid groups (broad SMARTS) is 1. The lowest BCUT2D eigenvalue weighted by molar-refractivity contribution is 0.0663. The zero-order valence-corrected chi connectivity index (χ0v) is 10.2. The Kier molecular flexibility index (Phi) is 4.25. The fraction of sp³-hybridized carbons (Fsp3) is 0.545. The van der Waals surface area contributed by atoms with Gasteiger partial charge >= 0.3 is 5.97 Å². The maximum Gasteiger partial charge on any atom is 0.354 e. The second-order valence-electron chi connectivity index (χ2n) is 3.99. The molecular formula is C11H17N3O3. The lowest BCUT2D eigenvalue weighted by atomic mass is 10.1. The molecule has 6 nitrogen and oxygen atoms in total. The molecule has 1 unspecified atom stereocenters. The number of carbonyl (C=O) groups excluding carboxylic acids is 1. The average molecular weight is 239 g/mol. The summed E-state index contributed by atoms with van der Waals surface area (Å²) < 4.78 is 0. The fourth-order valence-electron chi connectivity index (χ4n) is 1.60. The summed E-state index contributed by atoms with van der Waals surface area (Å²) in [5.41, 5.74) is -0.200. The molecule has 0 aromatic carbocycles. The second kappa shape index (κ2) is 5.47. The molecule has 6 heteroatoms. The highest BCUT2D eigenvalue weighted by molar-refractivity contribution is 6.02. The van der Waals surface area contributed by atoms with Gasteiger partial charge in [0.2, 0.25) is 0 Å². The quantitative estimate of drug-likeness (QED) is 0.812. The van der Waals surface area contributed by atoms with Gasteiger partial charge in [-0.3, -0.25) is 4.79 Å². The molecule has 0 saturated carbocycles. The van der Waals surface area contributed by atoms with Crippen LogP contribution >= 0.6 is 0 Å². The van der Waals surface area contributed by atoms with Gasteiger partial charge in [-0.2, -0.15) is 0 Å². The van der Waals surface area contributed by atoms with Crippen LogP contribution < -0.4 is 0 Å². The summed E-state index contributed by atoms with van der Waals surface area (Å²) in [5.74, 6) is -1.55. The number of aromatic nitrogens is 2. The van der Waals surface area contributed by atoms with Crippen LogP contribution in [0.2, 0.25) is 0 Å². The van der Waals surface area contributed by atoms with E-state index in [9.17, 15) is 9.59 Å². The third kappa shape index (κ3) is 2.83. The van der Waals surface area contributed by atoms with Gasteiger partial charge < -0.3 is 15.0 Å². The number of carbonyl (C=O) groups is 2. The molecule has 0 spiro atoms. The van der Waals surface area contributed by atoms with E-state index < -0.39 is 5.97 Å². The SMILES string of the molecule is CCCC(C)N(C)C(=O)c1nc[nH]c1C(=O)O. The summed E-state index contributed by atoms with van der Waals surface area (Å²) in [5, 5.41) is 8.89. The van der Waals surface area contributed by atoms with Crippen LogP contribution in [0.4, 0.5) is 0 Å². The lowest BCUT2D eigenvalue weighted by Crippen LogP contribution is -2.36. The molecule has 0 bridgehead atoms. The summed E-state index contributed by atoms with van der Waals surface area (Å²) in [6, 6.07) is 0.0610. The molecule has 0 radical (unpaired) electrons. The van der Waals surface area contributed by atoms with E-state index in [1.807, 2.05) is 13.8 Å². The molecular weight excluding hydrogens is 222 g/mol. The smallest absolute Gasteiger partial charge is 0.354 e. The number of carboxylic acids is 1. The molecule has 0 aliphatic rings. The summed E-state index contributed by atoms with van der Waals surface area (Å²) in [7, 11) is 1.66. The van der Waals surface area contributed by atoms with Gasteiger partial charge in [0.1, 0.15) is 0 Å². The molecule has 94 valence electrons. The second-order valence-corrected chi connectivity index (χ2v) is 3.99. The summed E-state index contributed by atoms with van der Waals surface area (Å²) in [4.78, 5) is 30.6. The van der Waals surface area contributed by atoms with Crippen molar-refractivity contribution in [2.45, 2.75) is 32.7 Å². The van der Waals surface area contributed by atoms with Gasteiger partial charge in [-0.05, 0) is 13.3 Å². The zero-order valence-electron chi connectivity index (χ0n) is 10.2. The number of hydrogen-bond acceptors (Lipinski definition) is 3. The van der Waals surface area contributed by atoms with Crippen molar-refractivity contribution in [2.24, 2.45) is 0 Å². The van der Waals surface area contributed by atoms with Crippen LogP contribution in [0.15, 0.2) is 6.33 Å². The lowest BCUT2D eigenvalue weighted by Gasteiger charge is -2.23. The van der Waals surface area contributed by atoms with E-state index >= 15 is 0 Å². The maximum atomic E-state index is 12.0. The number of nitrogens with zero attached hydrogens (tertiary/aromatic N) is 2. The number of aromatic amines is 1.